The molecule has 0 aliphatic carbocycles. The topological polar surface area (TPSA) is 65.1 Å². The fourth-order valence-electron chi connectivity index (χ4n) is 0.920. The molecule has 0 radical (unpaired) electrons. The van der Waals surface area contributed by atoms with E-state index in [1.807, 2.05) is 0 Å². The van der Waals surface area contributed by atoms with Gasteiger partial charge in [0.25, 0.3) is 0 Å². The van der Waals surface area contributed by atoms with Gasteiger partial charge in [0.15, 0.2) is 12.2 Å². The first-order chi connectivity index (χ1) is 6.20. The largest absolute Gasteiger partial charge is 0.464 e. The van der Waals surface area contributed by atoms with E-state index >= 15 is 0 Å². The third-order valence-electron chi connectivity index (χ3n) is 1.53. The van der Waals surface area contributed by atoms with Crippen LogP contribution in [0.2, 0.25) is 0 Å². The molecule has 0 saturated carbocycles. The van der Waals surface area contributed by atoms with E-state index in [1.165, 1.54) is 0 Å². The third-order valence-corrected chi connectivity index (χ3v) is 1.53. The summed E-state index contributed by atoms with van der Waals surface area (Å²) in [4.78, 5) is 21.9. The molecule has 1 aliphatic rings. The van der Waals surface area contributed by atoms with Gasteiger partial charge in [-0.25, -0.2) is 9.59 Å². The summed E-state index contributed by atoms with van der Waals surface area (Å²) in [5.74, 6) is -0.999. The van der Waals surface area contributed by atoms with Gasteiger partial charge in [-0.05, 0) is 13.8 Å². The third kappa shape index (κ3) is 2.42. The Labute approximate surface area is 76.0 Å². The van der Waals surface area contributed by atoms with E-state index in [4.69, 9.17) is 4.74 Å². The van der Waals surface area contributed by atoms with Gasteiger partial charge in [-0.15, -0.1) is 0 Å². The summed E-state index contributed by atoms with van der Waals surface area (Å²) in [6.45, 7) is 3.96. The van der Waals surface area contributed by atoms with Crippen molar-refractivity contribution in [2.75, 3.05) is 13.2 Å². The number of carbonyl (C=O) groups excluding carboxylic acids is 2. The lowest BCUT2D eigenvalue weighted by Crippen LogP contribution is -2.20. The Hall–Kier alpha value is -1.10. The number of ether oxygens (including phenoxy) is 3. The van der Waals surface area contributed by atoms with E-state index in [0.29, 0.717) is 0 Å². The molecular formula is C8H12O5. The second-order valence-corrected chi connectivity index (χ2v) is 2.48. The van der Waals surface area contributed by atoms with Crippen molar-refractivity contribution in [2.24, 2.45) is 0 Å². The molecule has 0 unspecified atom stereocenters. The second-order valence-electron chi connectivity index (χ2n) is 2.48. The molecule has 0 bridgehead atoms. The average molecular weight is 188 g/mol. The Balaban J connectivity index is 2.29. The van der Waals surface area contributed by atoms with Gasteiger partial charge < -0.3 is 14.2 Å². The predicted octanol–water partition coefficient (Wildman–Crippen LogP) is -0.120. The highest BCUT2D eigenvalue weighted by Crippen LogP contribution is 2.24. The van der Waals surface area contributed by atoms with Gasteiger partial charge in [-0.1, -0.05) is 0 Å². The first kappa shape index (κ1) is 9.98. The van der Waals surface area contributed by atoms with Crippen molar-refractivity contribution < 1.29 is 23.8 Å². The monoisotopic (exact) mass is 188 g/mol. The van der Waals surface area contributed by atoms with Gasteiger partial charge in [0.1, 0.15) is 0 Å². The molecule has 1 aliphatic heterocycles. The summed E-state index contributed by atoms with van der Waals surface area (Å²) in [5, 5.41) is 0. The van der Waals surface area contributed by atoms with Crippen LogP contribution in [0.1, 0.15) is 13.8 Å². The molecule has 1 rings (SSSR count). The molecule has 0 aromatic heterocycles. The molecule has 5 heteroatoms. The maximum Gasteiger partial charge on any atom is 0.338 e. The Morgan fingerprint density at radius 1 is 1.08 bits per heavy atom. The summed E-state index contributed by atoms with van der Waals surface area (Å²) in [6, 6.07) is 0. The number of carbonyl (C=O) groups is 2. The minimum atomic E-state index is -0.751. The maximum absolute atomic E-state index is 11.0. The van der Waals surface area contributed by atoms with Crippen LogP contribution in [-0.2, 0) is 23.8 Å². The summed E-state index contributed by atoms with van der Waals surface area (Å²) in [7, 11) is 0. The zero-order valence-corrected chi connectivity index (χ0v) is 7.61. The maximum atomic E-state index is 11.0. The van der Waals surface area contributed by atoms with Crippen LogP contribution in [0.5, 0.6) is 0 Å². The second kappa shape index (κ2) is 4.23. The van der Waals surface area contributed by atoms with Crippen LogP contribution in [0.15, 0.2) is 0 Å². The number of rotatable bonds is 4. The predicted molar refractivity (Wildman–Crippen MR) is 41.9 cm³/mol. The molecule has 2 atom stereocenters. The number of hydrogen-bond donors (Lipinski definition) is 0. The van der Waals surface area contributed by atoms with Crippen molar-refractivity contribution in [2.45, 2.75) is 26.1 Å². The minimum absolute atomic E-state index is 0.286. The van der Waals surface area contributed by atoms with Crippen LogP contribution in [-0.4, -0.2) is 37.4 Å². The highest BCUT2D eigenvalue weighted by Gasteiger charge is 2.52. The Morgan fingerprint density at radius 3 is 1.77 bits per heavy atom. The Kier molecular flexibility index (Phi) is 3.25. The van der Waals surface area contributed by atoms with Crippen molar-refractivity contribution in [3.8, 4) is 0 Å². The normalized spacial score (nSPS) is 25.1. The highest BCUT2D eigenvalue weighted by molar-refractivity contribution is 5.89. The van der Waals surface area contributed by atoms with Crippen molar-refractivity contribution in [1.29, 1.82) is 0 Å². The molecule has 0 aromatic rings. The zero-order valence-electron chi connectivity index (χ0n) is 7.61. The highest BCUT2D eigenvalue weighted by atomic mass is 16.7. The molecule has 0 aromatic carbocycles. The summed E-state index contributed by atoms with van der Waals surface area (Å²) >= 11 is 0. The number of esters is 2. The molecule has 0 amide bonds. The molecule has 0 N–H and O–H groups in total. The van der Waals surface area contributed by atoms with E-state index < -0.39 is 24.1 Å². The lowest BCUT2D eigenvalue weighted by molar-refractivity contribution is -0.147. The van der Waals surface area contributed by atoms with Crippen molar-refractivity contribution >= 4 is 11.9 Å². The van der Waals surface area contributed by atoms with Gasteiger partial charge in [0.05, 0.1) is 13.2 Å². The zero-order chi connectivity index (χ0) is 9.84. The van der Waals surface area contributed by atoms with Crippen molar-refractivity contribution in [3.63, 3.8) is 0 Å². The lowest BCUT2D eigenvalue weighted by Gasteiger charge is -1.97. The molecule has 1 fully saturated rings. The van der Waals surface area contributed by atoms with Crippen LogP contribution < -0.4 is 0 Å². The smallest absolute Gasteiger partial charge is 0.338 e. The van der Waals surface area contributed by atoms with Crippen molar-refractivity contribution in [3.05, 3.63) is 0 Å². The first-order valence-electron chi connectivity index (χ1n) is 4.19. The molecule has 5 nitrogen and oxygen atoms in total. The quantitative estimate of drug-likeness (QED) is 0.454. The summed E-state index contributed by atoms with van der Waals surface area (Å²) in [6.07, 6.45) is -1.50. The number of hydrogen-bond acceptors (Lipinski definition) is 5. The molecule has 13 heavy (non-hydrogen) atoms. The number of epoxide rings is 1. The lowest BCUT2D eigenvalue weighted by atomic mass is 10.3. The van der Waals surface area contributed by atoms with Gasteiger partial charge in [-0.3, -0.25) is 0 Å². The van der Waals surface area contributed by atoms with Gasteiger partial charge in [0, 0.05) is 0 Å². The van der Waals surface area contributed by atoms with Gasteiger partial charge in [0.2, 0.25) is 0 Å². The van der Waals surface area contributed by atoms with E-state index in [1.54, 1.807) is 13.8 Å². The van der Waals surface area contributed by atoms with E-state index in [2.05, 4.69) is 9.47 Å². The fourth-order valence-corrected chi connectivity index (χ4v) is 0.920. The fraction of sp³-hybridized carbons (Fsp3) is 0.750. The molecule has 1 saturated heterocycles. The summed E-state index contributed by atoms with van der Waals surface area (Å²) < 4.78 is 14.1. The van der Waals surface area contributed by atoms with Crippen LogP contribution in [0.3, 0.4) is 0 Å². The Bertz CT molecular complexity index is 191. The molecular weight excluding hydrogens is 176 g/mol. The van der Waals surface area contributed by atoms with E-state index in [-0.39, 0.29) is 13.2 Å². The standard InChI is InChI=1S/C8H12O5/c1-3-11-7(9)5-6(13-5)8(10)12-4-2/h5-6H,3-4H2,1-2H3/t5-,6+. The van der Waals surface area contributed by atoms with Gasteiger partial charge >= 0.3 is 11.9 Å². The van der Waals surface area contributed by atoms with E-state index in [9.17, 15) is 9.59 Å². The van der Waals surface area contributed by atoms with Crippen LogP contribution in [0.25, 0.3) is 0 Å². The average Bonchev–Trinajstić information content (AvgIpc) is 2.84. The van der Waals surface area contributed by atoms with Crippen LogP contribution >= 0.6 is 0 Å². The van der Waals surface area contributed by atoms with E-state index in [0.717, 1.165) is 0 Å². The molecule has 74 valence electrons. The van der Waals surface area contributed by atoms with Crippen LogP contribution in [0.4, 0.5) is 0 Å². The molecule has 0 spiro atoms. The summed E-state index contributed by atoms with van der Waals surface area (Å²) in [5.41, 5.74) is 0. The SMILES string of the molecule is CCOC(=O)[C@H]1O[C@H]1C(=O)OCC. The Morgan fingerprint density at radius 2 is 1.46 bits per heavy atom. The molecule has 1 heterocycles. The van der Waals surface area contributed by atoms with Crippen LogP contribution in [0, 0.1) is 0 Å². The first-order valence-corrected chi connectivity index (χ1v) is 4.19. The minimum Gasteiger partial charge on any atom is -0.464 e. The van der Waals surface area contributed by atoms with Crippen molar-refractivity contribution in [1.82, 2.24) is 0 Å². The van der Waals surface area contributed by atoms with Gasteiger partial charge in [-0.2, -0.15) is 0 Å².